The summed E-state index contributed by atoms with van der Waals surface area (Å²) in [5.74, 6) is 1.23. The van der Waals surface area contributed by atoms with Gasteiger partial charge < -0.3 is 19.4 Å². The van der Waals surface area contributed by atoms with Crippen molar-refractivity contribution in [2.45, 2.75) is 32.4 Å². The van der Waals surface area contributed by atoms with Gasteiger partial charge in [-0.1, -0.05) is 18.2 Å². The Labute approximate surface area is 171 Å². The number of nitrogens with one attached hydrogen (secondary N) is 1. The Morgan fingerprint density at radius 2 is 2.10 bits per heavy atom. The fourth-order valence-electron chi connectivity index (χ4n) is 3.99. The molecule has 0 bridgehead atoms. The lowest BCUT2D eigenvalue weighted by Gasteiger charge is -2.32. The normalized spacial score (nSPS) is 15.0. The zero-order valence-electron chi connectivity index (χ0n) is 16.7. The number of aryl methyl sites for hydroxylation is 1. The highest BCUT2D eigenvalue weighted by Gasteiger charge is 2.27. The third-order valence-electron chi connectivity index (χ3n) is 5.55. The van der Waals surface area contributed by atoms with E-state index < -0.39 is 0 Å². The van der Waals surface area contributed by atoms with Crippen LogP contribution in [0.2, 0.25) is 0 Å². The topological polar surface area (TPSA) is 68.0 Å². The summed E-state index contributed by atoms with van der Waals surface area (Å²) in [6.07, 6.45) is 10.0. The lowest BCUT2D eigenvalue weighted by atomic mass is 9.96. The molecule has 1 aliphatic heterocycles. The van der Waals surface area contributed by atoms with Crippen LogP contribution in [0.25, 0.3) is 11.0 Å². The molecule has 3 heterocycles. The second-order valence-electron chi connectivity index (χ2n) is 7.51. The standard InChI is InChI=1S/C22H28N6O/c1-2-12-28-20-7-4-3-6-19(20)25-22(28)27-14-8-18(9-15-27)21(29)24-10-5-13-26-16-11-23-17-26/h2-4,6-7,11,16-18H,1,5,8-10,12-15H2,(H,24,29). The number of aromatic nitrogens is 4. The van der Waals surface area contributed by atoms with Gasteiger partial charge in [0.1, 0.15) is 0 Å². The smallest absolute Gasteiger partial charge is 0.223 e. The van der Waals surface area contributed by atoms with E-state index in [9.17, 15) is 4.79 Å². The van der Waals surface area contributed by atoms with Gasteiger partial charge in [-0.15, -0.1) is 6.58 Å². The number of carbonyl (C=O) groups excluding carboxylic acids is 1. The summed E-state index contributed by atoms with van der Waals surface area (Å²) in [6, 6.07) is 8.19. The van der Waals surface area contributed by atoms with Gasteiger partial charge in [0.15, 0.2) is 0 Å². The van der Waals surface area contributed by atoms with Crippen LogP contribution in [0.15, 0.2) is 55.6 Å². The van der Waals surface area contributed by atoms with Gasteiger partial charge in [0.25, 0.3) is 0 Å². The second-order valence-corrected chi connectivity index (χ2v) is 7.51. The molecule has 1 aliphatic rings. The number of anilines is 1. The Bertz CT molecular complexity index is 953. The maximum absolute atomic E-state index is 12.5. The van der Waals surface area contributed by atoms with Gasteiger partial charge in [-0.2, -0.15) is 0 Å². The van der Waals surface area contributed by atoms with E-state index in [1.807, 2.05) is 35.0 Å². The molecule has 152 valence electrons. The number of hydrogen-bond acceptors (Lipinski definition) is 4. The van der Waals surface area contributed by atoms with E-state index in [1.54, 1.807) is 12.5 Å². The number of nitrogens with zero attached hydrogens (tertiary/aromatic N) is 5. The van der Waals surface area contributed by atoms with E-state index in [1.165, 1.54) is 0 Å². The molecule has 0 radical (unpaired) electrons. The van der Waals surface area contributed by atoms with E-state index in [2.05, 4.69) is 32.4 Å². The van der Waals surface area contributed by atoms with Crippen molar-refractivity contribution in [1.82, 2.24) is 24.4 Å². The molecule has 1 N–H and O–H groups in total. The molecular weight excluding hydrogens is 364 g/mol. The molecule has 1 saturated heterocycles. The fourth-order valence-corrected chi connectivity index (χ4v) is 3.99. The molecule has 3 aromatic rings. The maximum Gasteiger partial charge on any atom is 0.223 e. The van der Waals surface area contributed by atoms with Crippen molar-refractivity contribution < 1.29 is 4.79 Å². The highest BCUT2D eigenvalue weighted by atomic mass is 16.1. The first-order valence-electron chi connectivity index (χ1n) is 10.3. The molecule has 7 heteroatoms. The van der Waals surface area contributed by atoms with E-state index in [0.717, 1.165) is 62.4 Å². The summed E-state index contributed by atoms with van der Waals surface area (Å²) in [5, 5.41) is 3.10. The summed E-state index contributed by atoms with van der Waals surface area (Å²) in [5.41, 5.74) is 2.13. The van der Waals surface area contributed by atoms with Crippen molar-refractivity contribution in [2.24, 2.45) is 5.92 Å². The predicted molar refractivity (Wildman–Crippen MR) is 115 cm³/mol. The fraction of sp³-hybridized carbons (Fsp3) is 0.409. The van der Waals surface area contributed by atoms with Gasteiger partial charge in [-0.3, -0.25) is 4.79 Å². The zero-order chi connectivity index (χ0) is 20.1. The number of piperidine rings is 1. The van der Waals surface area contributed by atoms with Crippen LogP contribution in [-0.4, -0.2) is 44.6 Å². The highest BCUT2D eigenvalue weighted by molar-refractivity contribution is 5.80. The highest BCUT2D eigenvalue weighted by Crippen LogP contribution is 2.27. The van der Waals surface area contributed by atoms with Crippen molar-refractivity contribution in [2.75, 3.05) is 24.5 Å². The summed E-state index contributed by atoms with van der Waals surface area (Å²) < 4.78 is 4.23. The Morgan fingerprint density at radius 3 is 2.86 bits per heavy atom. The Hall–Kier alpha value is -3.09. The molecule has 0 aliphatic carbocycles. The van der Waals surface area contributed by atoms with Crippen LogP contribution in [-0.2, 0) is 17.9 Å². The van der Waals surface area contributed by atoms with Crippen LogP contribution in [0, 0.1) is 5.92 Å². The summed E-state index contributed by atoms with van der Waals surface area (Å²) in [7, 11) is 0. The molecule has 29 heavy (non-hydrogen) atoms. The quantitative estimate of drug-likeness (QED) is 0.473. The molecule has 0 saturated carbocycles. The van der Waals surface area contributed by atoms with Crippen LogP contribution in [0.1, 0.15) is 19.3 Å². The van der Waals surface area contributed by atoms with Crippen molar-refractivity contribution in [1.29, 1.82) is 0 Å². The van der Waals surface area contributed by atoms with Gasteiger partial charge in [0.05, 0.1) is 17.4 Å². The lowest BCUT2D eigenvalue weighted by molar-refractivity contribution is -0.125. The SMILES string of the molecule is C=CCn1c(N2CCC(C(=O)NCCCn3ccnc3)CC2)nc2ccccc21. The van der Waals surface area contributed by atoms with Crippen molar-refractivity contribution in [3.63, 3.8) is 0 Å². The number of amides is 1. The number of carbonyl (C=O) groups is 1. The molecular formula is C22H28N6O. The van der Waals surface area contributed by atoms with E-state index in [-0.39, 0.29) is 11.8 Å². The first-order chi connectivity index (χ1) is 14.3. The number of rotatable bonds is 8. The van der Waals surface area contributed by atoms with Gasteiger partial charge in [-0.05, 0) is 31.4 Å². The van der Waals surface area contributed by atoms with E-state index in [4.69, 9.17) is 4.98 Å². The molecule has 0 unspecified atom stereocenters. The molecule has 4 rings (SSSR count). The van der Waals surface area contributed by atoms with Crippen molar-refractivity contribution in [3.05, 3.63) is 55.6 Å². The van der Waals surface area contributed by atoms with Crippen LogP contribution in [0.4, 0.5) is 5.95 Å². The minimum Gasteiger partial charge on any atom is -0.356 e. The average molecular weight is 393 g/mol. The predicted octanol–water partition coefficient (Wildman–Crippen LogP) is 2.84. The minimum absolute atomic E-state index is 0.0803. The number of para-hydroxylation sites is 2. The maximum atomic E-state index is 12.5. The van der Waals surface area contributed by atoms with Gasteiger partial charge in [-0.25, -0.2) is 9.97 Å². The third-order valence-corrected chi connectivity index (χ3v) is 5.55. The average Bonchev–Trinajstić information content (AvgIpc) is 3.40. The van der Waals surface area contributed by atoms with Gasteiger partial charge in [0.2, 0.25) is 11.9 Å². The molecule has 7 nitrogen and oxygen atoms in total. The summed E-state index contributed by atoms with van der Waals surface area (Å²) in [4.78, 5) is 23.7. The number of imidazole rings is 2. The first kappa shape index (κ1) is 19.2. The van der Waals surface area contributed by atoms with Gasteiger partial charge >= 0.3 is 0 Å². The third kappa shape index (κ3) is 4.34. The molecule has 0 spiro atoms. The molecule has 1 aromatic carbocycles. The first-order valence-corrected chi connectivity index (χ1v) is 10.3. The van der Waals surface area contributed by atoms with Gasteiger partial charge in [0, 0.05) is 51.0 Å². The Morgan fingerprint density at radius 1 is 1.28 bits per heavy atom. The number of hydrogen-bond donors (Lipinski definition) is 1. The van der Waals surface area contributed by atoms with Crippen LogP contribution in [0.3, 0.4) is 0 Å². The van der Waals surface area contributed by atoms with Crippen molar-refractivity contribution >= 4 is 22.9 Å². The molecule has 1 amide bonds. The molecule has 0 atom stereocenters. The van der Waals surface area contributed by atoms with Crippen LogP contribution < -0.4 is 10.2 Å². The zero-order valence-corrected chi connectivity index (χ0v) is 16.7. The Kier molecular flexibility index (Phi) is 5.93. The molecule has 2 aromatic heterocycles. The number of fused-ring (bicyclic) bond motifs is 1. The van der Waals surface area contributed by atoms with Crippen molar-refractivity contribution in [3.8, 4) is 0 Å². The van der Waals surface area contributed by atoms with Crippen LogP contribution >= 0.6 is 0 Å². The summed E-state index contributed by atoms with van der Waals surface area (Å²) in [6.45, 7) is 7.88. The molecule has 1 fully saturated rings. The second kappa shape index (κ2) is 8.94. The van der Waals surface area contributed by atoms with Crippen LogP contribution in [0.5, 0.6) is 0 Å². The number of benzene rings is 1. The monoisotopic (exact) mass is 392 g/mol. The minimum atomic E-state index is 0.0803. The Balaban J connectivity index is 1.31. The van der Waals surface area contributed by atoms with E-state index in [0.29, 0.717) is 6.54 Å². The van der Waals surface area contributed by atoms with E-state index >= 15 is 0 Å². The largest absolute Gasteiger partial charge is 0.356 e. The lowest BCUT2D eigenvalue weighted by Crippen LogP contribution is -2.41. The number of allylic oxidation sites excluding steroid dienone is 1. The summed E-state index contributed by atoms with van der Waals surface area (Å²) >= 11 is 0.